The summed E-state index contributed by atoms with van der Waals surface area (Å²) in [6.45, 7) is 6.62. The van der Waals surface area contributed by atoms with Crippen LogP contribution in [0.2, 0.25) is 0 Å². The first-order chi connectivity index (χ1) is 8.26. The van der Waals surface area contributed by atoms with E-state index in [1.807, 2.05) is 0 Å². The van der Waals surface area contributed by atoms with Gasteiger partial charge in [-0.15, -0.1) is 0 Å². The van der Waals surface area contributed by atoms with Crippen molar-refractivity contribution in [2.45, 2.75) is 52.4 Å². The van der Waals surface area contributed by atoms with Crippen molar-refractivity contribution in [1.82, 2.24) is 9.97 Å². The molecule has 0 saturated heterocycles. The predicted molar refractivity (Wildman–Crippen MR) is 73.4 cm³/mol. The van der Waals surface area contributed by atoms with Crippen molar-refractivity contribution < 1.29 is 0 Å². The Bertz CT molecular complexity index is 479. The normalized spacial score (nSPS) is 11.5. The summed E-state index contributed by atoms with van der Waals surface area (Å²) in [5, 5.41) is 0. The number of H-pyrrole nitrogens is 1. The summed E-state index contributed by atoms with van der Waals surface area (Å²) in [6, 6.07) is 6.34. The Labute approximate surface area is 103 Å². The van der Waals surface area contributed by atoms with E-state index in [4.69, 9.17) is 4.98 Å². The zero-order valence-corrected chi connectivity index (χ0v) is 11.1. The number of aryl methyl sites for hydroxylation is 1. The molecule has 0 amide bonds. The second-order valence-corrected chi connectivity index (χ2v) is 4.87. The highest BCUT2D eigenvalue weighted by Gasteiger charge is 2.14. The molecule has 2 heteroatoms. The van der Waals surface area contributed by atoms with Crippen molar-refractivity contribution in [3.8, 4) is 0 Å². The van der Waals surface area contributed by atoms with Crippen LogP contribution in [0.25, 0.3) is 11.0 Å². The van der Waals surface area contributed by atoms with Crippen LogP contribution in [0.4, 0.5) is 0 Å². The lowest BCUT2D eigenvalue weighted by molar-refractivity contribution is 0.539. The van der Waals surface area contributed by atoms with Crippen LogP contribution >= 0.6 is 0 Å². The second kappa shape index (κ2) is 5.35. The summed E-state index contributed by atoms with van der Waals surface area (Å²) in [5.41, 5.74) is 3.58. The maximum absolute atomic E-state index is 4.79. The van der Waals surface area contributed by atoms with Gasteiger partial charge < -0.3 is 4.98 Å². The quantitative estimate of drug-likeness (QED) is 0.801. The Balaban J connectivity index is 2.36. The number of imidazole rings is 1. The third kappa shape index (κ3) is 2.51. The third-order valence-corrected chi connectivity index (χ3v) is 3.39. The molecule has 2 rings (SSSR count). The molecule has 2 aromatic rings. The predicted octanol–water partition coefficient (Wildman–Crippen LogP) is 4.56. The van der Waals surface area contributed by atoms with Crippen LogP contribution in [-0.2, 0) is 0 Å². The highest BCUT2D eigenvalue weighted by molar-refractivity contribution is 5.78. The average molecular weight is 230 g/mol. The summed E-state index contributed by atoms with van der Waals surface area (Å²) >= 11 is 0. The van der Waals surface area contributed by atoms with E-state index in [0.717, 1.165) is 5.52 Å². The highest BCUT2D eigenvalue weighted by atomic mass is 14.9. The van der Waals surface area contributed by atoms with Gasteiger partial charge in [-0.05, 0) is 31.4 Å². The van der Waals surface area contributed by atoms with Crippen LogP contribution in [-0.4, -0.2) is 9.97 Å². The largest absolute Gasteiger partial charge is 0.342 e. The molecule has 92 valence electrons. The summed E-state index contributed by atoms with van der Waals surface area (Å²) in [7, 11) is 0. The lowest BCUT2D eigenvalue weighted by atomic mass is 9.98. The van der Waals surface area contributed by atoms with Crippen molar-refractivity contribution in [3.63, 3.8) is 0 Å². The Morgan fingerprint density at radius 3 is 2.47 bits per heavy atom. The molecule has 1 aromatic carbocycles. The molecule has 1 N–H and O–H groups in total. The maximum atomic E-state index is 4.79. The fourth-order valence-corrected chi connectivity index (χ4v) is 2.50. The SMILES string of the molecule is CCCC(CCC)c1nc2c(C)cccc2[nH]1. The Morgan fingerprint density at radius 1 is 1.18 bits per heavy atom. The van der Waals surface area contributed by atoms with Crippen LogP contribution in [0.3, 0.4) is 0 Å². The van der Waals surface area contributed by atoms with E-state index in [-0.39, 0.29) is 0 Å². The summed E-state index contributed by atoms with van der Waals surface area (Å²) in [6.07, 6.45) is 4.90. The van der Waals surface area contributed by atoms with Crippen molar-refractivity contribution in [2.75, 3.05) is 0 Å². The minimum absolute atomic E-state index is 0.594. The van der Waals surface area contributed by atoms with Gasteiger partial charge in [0, 0.05) is 5.92 Å². The van der Waals surface area contributed by atoms with Gasteiger partial charge in [-0.3, -0.25) is 0 Å². The Hall–Kier alpha value is -1.31. The number of para-hydroxylation sites is 1. The molecule has 0 radical (unpaired) electrons. The van der Waals surface area contributed by atoms with Gasteiger partial charge in [-0.1, -0.05) is 38.8 Å². The number of nitrogens with zero attached hydrogens (tertiary/aromatic N) is 1. The Kier molecular flexibility index (Phi) is 3.82. The van der Waals surface area contributed by atoms with Crippen LogP contribution in [0.15, 0.2) is 18.2 Å². The van der Waals surface area contributed by atoms with E-state index in [2.05, 4.69) is 44.0 Å². The van der Waals surface area contributed by atoms with Crippen molar-refractivity contribution in [2.24, 2.45) is 0 Å². The van der Waals surface area contributed by atoms with Gasteiger partial charge in [0.15, 0.2) is 0 Å². The monoisotopic (exact) mass is 230 g/mol. The van der Waals surface area contributed by atoms with Crippen LogP contribution < -0.4 is 0 Å². The topological polar surface area (TPSA) is 28.7 Å². The van der Waals surface area contributed by atoms with Gasteiger partial charge in [0.25, 0.3) is 0 Å². The molecule has 0 fully saturated rings. The van der Waals surface area contributed by atoms with Crippen LogP contribution in [0, 0.1) is 6.92 Å². The molecule has 0 aliphatic rings. The smallest absolute Gasteiger partial charge is 0.110 e. The highest BCUT2D eigenvalue weighted by Crippen LogP contribution is 2.26. The molecule has 0 unspecified atom stereocenters. The summed E-state index contributed by atoms with van der Waals surface area (Å²) in [4.78, 5) is 8.29. The van der Waals surface area contributed by atoms with Gasteiger partial charge in [-0.2, -0.15) is 0 Å². The molecule has 0 aliphatic carbocycles. The number of aromatic amines is 1. The Morgan fingerprint density at radius 2 is 1.88 bits per heavy atom. The van der Waals surface area contributed by atoms with E-state index in [1.54, 1.807) is 0 Å². The van der Waals surface area contributed by atoms with Crippen LogP contribution in [0.1, 0.15) is 56.8 Å². The lowest BCUT2D eigenvalue weighted by Gasteiger charge is -2.11. The van der Waals surface area contributed by atoms with Crippen molar-refractivity contribution >= 4 is 11.0 Å². The van der Waals surface area contributed by atoms with E-state index in [9.17, 15) is 0 Å². The minimum Gasteiger partial charge on any atom is -0.342 e. The van der Waals surface area contributed by atoms with Gasteiger partial charge in [0.1, 0.15) is 5.82 Å². The van der Waals surface area contributed by atoms with E-state index < -0.39 is 0 Å². The number of hydrogen-bond acceptors (Lipinski definition) is 1. The molecule has 2 nitrogen and oxygen atoms in total. The number of rotatable bonds is 5. The van der Waals surface area contributed by atoms with Gasteiger partial charge in [0.2, 0.25) is 0 Å². The molecule has 0 atom stereocenters. The third-order valence-electron chi connectivity index (χ3n) is 3.39. The molecule has 0 saturated carbocycles. The van der Waals surface area contributed by atoms with Crippen LogP contribution in [0.5, 0.6) is 0 Å². The maximum Gasteiger partial charge on any atom is 0.110 e. The van der Waals surface area contributed by atoms with Gasteiger partial charge in [0.05, 0.1) is 11.0 Å². The molecule has 0 spiro atoms. The van der Waals surface area contributed by atoms with E-state index in [1.165, 1.54) is 42.6 Å². The number of benzene rings is 1. The van der Waals surface area contributed by atoms with Crippen molar-refractivity contribution in [3.05, 3.63) is 29.6 Å². The fourth-order valence-electron chi connectivity index (χ4n) is 2.50. The molecule has 0 bridgehead atoms. The molecule has 0 aliphatic heterocycles. The first kappa shape index (κ1) is 12.2. The fraction of sp³-hybridized carbons (Fsp3) is 0.533. The number of hydrogen-bond donors (Lipinski definition) is 1. The number of aromatic nitrogens is 2. The molecular weight excluding hydrogens is 208 g/mol. The second-order valence-electron chi connectivity index (χ2n) is 4.87. The van der Waals surface area contributed by atoms with E-state index in [0.29, 0.717) is 5.92 Å². The summed E-state index contributed by atoms with van der Waals surface area (Å²) in [5.74, 6) is 1.77. The molecule has 17 heavy (non-hydrogen) atoms. The molecule has 1 heterocycles. The minimum atomic E-state index is 0.594. The van der Waals surface area contributed by atoms with E-state index >= 15 is 0 Å². The number of nitrogens with one attached hydrogen (secondary N) is 1. The summed E-state index contributed by atoms with van der Waals surface area (Å²) < 4.78 is 0. The zero-order chi connectivity index (χ0) is 12.3. The molecular formula is C15H22N2. The number of fused-ring (bicyclic) bond motifs is 1. The van der Waals surface area contributed by atoms with Gasteiger partial charge >= 0.3 is 0 Å². The van der Waals surface area contributed by atoms with Gasteiger partial charge in [-0.25, -0.2) is 4.98 Å². The standard InChI is InChI=1S/C15H22N2/c1-4-7-12(8-5-2)15-16-13-10-6-9-11(3)14(13)17-15/h6,9-10,12H,4-5,7-8H2,1-3H3,(H,16,17). The first-order valence-corrected chi connectivity index (χ1v) is 6.71. The average Bonchev–Trinajstić information content (AvgIpc) is 2.74. The first-order valence-electron chi connectivity index (χ1n) is 6.71. The lowest BCUT2D eigenvalue weighted by Crippen LogP contribution is -2.00. The zero-order valence-electron chi connectivity index (χ0n) is 11.1. The molecule has 1 aromatic heterocycles. The van der Waals surface area contributed by atoms with Crippen molar-refractivity contribution in [1.29, 1.82) is 0 Å².